The number of hydrogen-bond acceptors (Lipinski definition) is 3. The van der Waals surface area contributed by atoms with Crippen LogP contribution < -0.4 is 4.74 Å². The van der Waals surface area contributed by atoms with Gasteiger partial charge in [-0.05, 0) is 25.2 Å². The average Bonchev–Trinajstić information content (AvgIpc) is 2.64. The first-order valence-corrected chi connectivity index (χ1v) is 7.55. The molecule has 4 heteroatoms. The van der Waals surface area contributed by atoms with Crippen LogP contribution in [0.2, 0.25) is 0 Å². The number of rotatable bonds is 5. The van der Waals surface area contributed by atoms with Gasteiger partial charge in [0.25, 0.3) is 0 Å². The molecule has 1 atom stereocenters. The maximum atomic E-state index is 10.7. The monoisotopic (exact) mass is 266 g/mol. The molecule has 108 valence electrons. The molecule has 0 bridgehead atoms. The fraction of sp³-hybridized carbons (Fsp3) is 0.800. The molecule has 19 heavy (non-hydrogen) atoms. The van der Waals surface area contributed by atoms with E-state index >= 15 is 0 Å². The van der Waals surface area contributed by atoms with Crippen molar-refractivity contribution >= 4 is 0 Å². The number of aryl methyl sites for hydroxylation is 1. The molecule has 4 nitrogen and oxygen atoms in total. The van der Waals surface area contributed by atoms with Crippen molar-refractivity contribution in [2.45, 2.75) is 64.5 Å². The maximum Gasteiger partial charge on any atom is 0.162 e. The van der Waals surface area contributed by atoms with Crippen molar-refractivity contribution in [1.29, 1.82) is 0 Å². The fourth-order valence-electron chi connectivity index (χ4n) is 3.07. The second-order valence-corrected chi connectivity index (χ2v) is 5.52. The summed E-state index contributed by atoms with van der Waals surface area (Å²) in [4.78, 5) is 0. The highest BCUT2D eigenvalue weighted by molar-refractivity contribution is 5.27. The van der Waals surface area contributed by atoms with Gasteiger partial charge in [-0.15, -0.1) is 0 Å². The van der Waals surface area contributed by atoms with Crippen LogP contribution in [0.1, 0.15) is 63.7 Å². The molecular formula is C15H26N2O2. The number of hydrogen-bond donors (Lipinski definition) is 1. The zero-order valence-corrected chi connectivity index (χ0v) is 12.1. The third-order valence-corrected chi connectivity index (χ3v) is 4.13. The van der Waals surface area contributed by atoms with Gasteiger partial charge in [0, 0.05) is 6.54 Å². The quantitative estimate of drug-likeness (QED) is 0.832. The summed E-state index contributed by atoms with van der Waals surface area (Å²) in [7, 11) is 1.65. The van der Waals surface area contributed by atoms with Gasteiger partial charge in [-0.2, -0.15) is 5.10 Å². The fourth-order valence-corrected chi connectivity index (χ4v) is 3.07. The molecule has 1 fully saturated rings. The second-order valence-electron chi connectivity index (χ2n) is 5.52. The molecule has 2 rings (SSSR count). The van der Waals surface area contributed by atoms with Gasteiger partial charge in [0.15, 0.2) is 5.75 Å². The molecule has 1 aromatic rings. The highest BCUT2D eigenvalue weighted by atomic mass is 16.5. The third kappa shape index (κ3) is 3.30. The summed E-state index contributed by atoms with van der Waals surface area (Å²) in [5.74, 6) is 1.08. The predicted molar refractivity (Wildman–Crippen MR) is 75.2 cm³/mol. The lowest BCUT2D eigenvalue weighted by molar-refractivity contribution is 0.0871. The number of aromatic nitrogens is 2. The van der Waals surface area contributed by atoms with Crippen LogP contribution in [-0.2, 0) is 6.54 Å². The van der Waals surface area contributed by atoms with Gasteiger partial charge < -0.3 is 9.84 Å². The van der Waals surface area contributed by atoms with Crippen LogP contribution in [0.5, 0.6) is 5.75 Å². The number of nitrogens with zero attached hydrogens (tertiary/aromatic N) is 2. The molecular weight excluding hydrogens is 240 g/mol. The van der Waals surface area contributed by atoms with Crippen molar-refractivity contribution in [3.63, 3.8) is 0 Å². The molecule has 0 radical (unpaired) electrons. The van der Waals surface area contributed by atoms with Crippen molar-refractivity contribution in [3.05, 3.63) is 11.9 Å². The highest BCUT2D eigenvalue weighted by Crippen LogP contribution is 2.37. The standard InChI is InChI=1S/C15H26N2O2/c1-3-10-17-14(13(19-2)11-16-17)15(18)12-8-6-4-5-7-9-12/h11-12,15,18H,3-10H2,1-2H3. The van der Waals surface area contributed by atoms with Crippen molar-refractivity contribution < 1.29 is 9.84 Å². The van der Waals surface area contributed by atoms with Gasteiger partial charge in [-0.3, -0.25) is 4.68 Å². The number of methoxy groups -OCH3 is 1. The first kappa shape index (κ1) is 14.4. The summed E-state index contributed by atoms with van der Waals surface area (Å²) >= 11 is 0. The molecule has 0 aromatic carbocycles. The van der Waals surface area contributed by atoms with E-state index in [2.05, 4.69) is 12.0 Å². The Morgan fingerprint density at radius 1 is 1.37 bits per heavy atom. The average molecular weight is 266 g/mol. The molecule has 1 heterocycles. The Balaban J connectivity index is 2.19. The van der Waals surface area contributed by atoms with E-state index < -0.39 is 6.10 Å². The zero-order valence-electron chi connectivity index (χ0n) is 12.1. The lowest BCUT2D eigenvalue weighted by Crippen LogP contribution is -2.17. The number of aliphatic hydroxyl groups is 1. The van der Waals surface area contributed by atoms with E-state index in [-0.39, 0.29) is 0 Å². The van der Waals surface area contributed by atoms with Crippen LogP contribution in [0.3, 0.4) is 0 Å². The summed E-state index contributed by atoms with van der Waals surface area (Å²) in [6.45, 7) is 2.96. The van der Waals surface area contributed by atoms with Crippen molar-refractivity contribution in [2.75, 3.05) is 7.11 Å². The lowest BCUT2D eigenvalue weighted by Gasteiger charge is -2.23. The maximum absolute atomic E-state index is 10.7. The van der Waals surface area contributed by atoms with Gasteiger partial charge in [-0.1, -0.05) is 32.6 Å². The first-order valence-electron chi connectivity index (χ1n) is 7.55. The van der Waals surface area contributed by atoms with Crippen molar-refractivity contribution in [3.8, 4) is 5.75 Å². The molecule has 1 aliphatic carbocycles. The third-order valence-electron chi connectivity index (χ3n) is 4.13. The Morgan fingerprint density at radius 3 is 2.63 bits per heavy atom. The summed E-state index contributed by atoms with van der Waals surface area (Å²) in [6.07, 6.45) is 9.58. The van der Waals surface area contributed by atoms with Crippen LogP contribution >= 0.6 is 0 Å². The first-order chi connectivity index (χ1) is 9.27. The molecule has 0 saturated heterocycles. The zero-order chi connectivity index (χ0) is 13.7. The van der Waals surface area contributed by atoms with Crippen LogP contribution in [0.15, 0.2) is 6.20 Å². The van der Waals surface area contributed by atoms with Crippen LogP contribution in [0.25, 0.3) is 0 Å². The van der Waals surface area contributed by atoms with E-state index in [4.69, 9.17) is 4.74 Å². The molecule has 0 spiro atoms. The van der Waals surface area contributed by atoms with Gasteiger partial charge in [-0.25, -0.2) is 0 Å². The smallest absolute Gasteiger partial charge is 0.162 e. The second kappa shape index (κ2) is 6.94. The number of ether oxygens (including phenoxy) is 1. The van der Waals surface area contributed by atoms with E-state index in [1.807, 2.05) is 4.68 Å². The van der Waals surface area contributed by atoms with Crippen molar-refractivity contribution in [2.24, 2.45) is 5.92 Å². The van der Waals surface area contributed by atoms with Gasteiger partial charge in [0.1, 0.15) is 11.8 Å². The molecule has 1 unspecified atom stereocenters. The largest absolute Gasteiger partial charge is 0.493 e. The van der Waals surface area contributed by atoms with E-state index in [1.54, 1.807) is 13.3 Å². The van der Waals surface area contributed by atoms with E-state index in [1.165, 1.54) is 25.7 Å². The molecule has 0 aliphatic heterocycles. The SMILES string of the molecule is CCCn1ncc(OC)c1C(O)C1CCCCCC1. The van der Waals surface area contributed by atoms with Crippen LogP contribution in [0.4, 0.5) is 0 Å². The summed E-state index contributed by atoms with van der Waals surface area (Å²) in [5, 5.41) is 15.1. The molecule has 1 aliphatic rings. The summed E-state index contributed by atoms with van der Waals surface area (Å²) in [6, 6.07) is 0. The topological polar surface area (TPSA) is 47.3 Å². The Labute approximate surface area is 115 Å². The Kier molecular flexibility index (Phi) is 5.25. The van der Waals surface area contributed by atoms with Gasteiger partial charge >= 0.3 is 0 Å². The highest BCUT2D eigenvalue weighted by Gasteiger charge is 2.28. The van der Waals surface area contributed by atoms with Crippen LogP contribution in [-0.4, -0.2) is 22.0 Å². The Morgan fingerprint density at radius 2 is 2.05 bits per heavy atom. The minimum Gasteiger partial charge on any atom is -0.493 e. The van der Waals surface area contributed by atoms with Crippen molar-refractivity contribution in [1.82, 2.24) is 9.78 Å². The summed E-state index contributed by atoms with van der Waals surface area (Å²) in [5.41, 5.74) is 0.872. The van der Waals surface area contributed by atoms with Crippen LogP contribution in [0, 0.1) is 5.92 Å². The Bertz CT molecular complexity index is 381. The summed E-state index contributed by atoms with van der Waals surface area (Å²) < 4.78 is 7.28. The minimum absolute atomic E-state index is 0.351. The van der Waals surface area contributed by atoms with Gasteiger partial charge in [0.2, 0.25) is 0 Å². The molecule has 1 saturated carbocycles. The molecule has 1 N–H and O–H groups in total. The normalized spacial score (nSPS) is 19.1. The van der Waals surface area contributed by atoms with E-state index in [0.717, 1.165) is 37.3 Å². The van der Waals surface area contributed by atoms with Gasteiger partial charge in [0.05, 0.1) is 13.3 Å². The lowest BCUT2D eigenvalue weighted by atomic mass is 9.91. The molecule has 0 amide bonds. The van der Waals surface area contributed by atoms with E-state index in [9.17, 15) is 5.11 Å². The molecule has 1 aromatic heterocycles. The Hall–Kier alpha value is -1.03. The van der Waals surface area contributed by atoms with E-state index in [0.29, 0.717) is 5.92 Å². The predicted octanol–water partition coefficient (Wildman–Crippen LogP) is 3.31. The number of aliphatic hydroxyl groups excluding tert-OH is 1. The minimum atomic E-state index is -0.443.